The minimum absolute atomic E-state index is 0.252. The van der Waals surface area contributed by atoms with Gasteiger partial charge in [-0.25, -0.2) is 15.2 Å². The lowest BCUT2D eigenvalue weighted by molar-refractivity contribution is 0.228. The third-order valence-corrected chi connectivity index (χ3v) is 2.42. The molecule has 0 amide bonds. The Morgan fingerprint density at radius 1 is 1.39 bits per heavy atom. The molecule has 0 fully saturated rings. The average Bonchev–Trinajstić information content (AvgIpc) is 2.82. The summed E-state index contributed by atoms with van der Waals surface area (Å²) in [4.78, 5) is 4.22. The zero-order chi connectivity index (χ0) is 12.8. The van der Waals surface area contributed by atoms with Crippen molar-refractivity contribution in [2.75, 3.05) is 12.3 Å². The third kappa shape index (κ3) is 3.08. The number of aliphatic imine (C=N–C) groups is 1. The highest BCUT2D eigenvalue weighted by Gasteiger charge is 2.02. The van der Waals surface area contributed by atoms with Crippen molar-refractivity contribution in [3.63, 3.8) is 0 Å². The van der Waals surface area contributed by atoms with Crippen LogP contribution in [0.3, 0.4) is 0 Å². The van der Waals surface area contributed by atoms with Gasteiger partial charge in [-0.2, -0.15) is 5.10 Å². The molecule has 1 aromatic carbocycles. The van der Waals surface area contributed by atoms with E-state index in [9.17, 15) is 0 Å². The first-order valence-electron chi connectivity index (χ1n) is 5.58. The number of aromatic nitrogens is 2. The van der Waals surface area contributed by atoms with Crippen LogP contribution in [0, 0.1) is 0 Å². The summed E-state index contributed by atoms with van der Waals surface area (Å²) in [6, 6.07) is 10.0. The van der Waals surface area contributed by atoms with Gasteiger partial charge in [0.1, 0.15) is 0 Å². The van der Waals surface area contributed by atoms with Crippen LogP contribution in [-0.2, 0) is 6.42 Å². The van der Waals surface area contributed by atoms with Crippen LogP contribution in [0.25, 0.3) is 0 Å². The summed E-state index contributed by atoms with van der Waals surface area (Å²) in [7, 11) is 0. The van der Waals surface area contributed by atoms with Crippen LogP contribution in [0.15, 0.2) is 47.7 Å². The minimum Gasteiger partial charge on any atom is -0.396 e. The van der Waals surface area contributed by atoms with Gasteiger partial charge in [0.25, 0.3) is 0 Å². The van der Waals surface area contributed by atoms with Gasteiger partial charge in [-0.15, -0.1) is 0 Å². The quantitative estimate of drug-likeness (QED) is 0.425. The summed E-state index contributed by atoms with van der Waals surface area (Å²) in [5.74, 6) is 0.252. The summed E-state index contributed by atoms with van der Waals surface area (Å²) in [5.41, 5.74) is 9.26. The molecule has 0 aliphatic carbocycles. The molecule has 0 spiro atoms. The summed E-state index contributed by atoms with van der Waals surface area (Å²) >= 11 is 0. The number of nitrogens with one attached hydrogen (secondary N) is 1. The number of nitrogens with zero attached hydrogens (tertiary/aromatic N) is 3. The Balaban J connectivity index is 1.99. The summed E-state index contributed by atoms with van der Waals surface area (Å²) in [5, 5.41) is 13.0. The molecule has 0 atom stereocenters. The van der Waals surface area contributed by atoms with Crippen LogP contribution in [-0.4, -0.2) is 27.5 Å². The van der Waals surface area contributed by atoms with Crippen LogP contribution in [0.4, 0.5) is 5.69 Å². The molecule has 1 heterocycles. The highest BCUT2D eigenvalue weighted by Crippen LogP contribution is 2.00. The first kappa shape index (κ1) is 12.1. The first-order chi connectivity index (χ1) is 8.79. The summed E-state index contributed by atoms with van der Waals surface area (Å²) < 4.78 is 1.39. The van der Waals surface area contributed by atoms with E-state index >= 15 is 0 Å². The number of hydrogen-bond acceptors (Lipinski definition) is 4. The van der Waals surface area contributed by atoms with Gasteiger partial charge in [-0.1, -0.05) is 30.3 Å². The van der Waals surface area contributed by atoms with Crippen LogP contribution < -0.4 is 11.2 Å². The van der Waals surface area contributed by atoms with Gasteiger partial charge in [0.2, 0.25) is 5.96 Å². The SMILES string of the molecule is Nc1cnn(C(=NCCc2ccccc2)NO)c1. The fraction of sp³-hybridized carbons (Fsp3) is 0.167. The van der Waals surface area contributed by atoms with E-state index in [0.29, 0.717) is 12.2 Å². The molecule has 2 aromatic rings. The number of hydroxylamine groups is 1. The van der Waals surface area contributed by atoms with Gasteiger partial charge in [0.05, 0.1) is 18.1 Å². The molecule has 94 valence electrons. The molecule has 4 N–H and O–H groups in total. The Hall–Kier alpha value is -2.34. The number of nitrogen functional groups attached to an aromatic ring is 1. The fourth-order valence-electron chi connectivity index (χ4n) is 1.55. The zero-order valence-electron chi connectivity index (χ0n) is 9.82. The van der Waals surface area contributed by atoms with E-state index in [-0.39, 0.29) is 5.96 Å². The van der Waals surface area contributed by atoms with Crippen molar-refractivity contribution >= 4 is 11.6 Å². The number of nitrogens with two attached hydrogens (primary N) is 1. The average molecular weight is 245 g/mol. The first-order valence-corrected chi connectivity index (χ1v) is 5.58. The molecule has 0 bridgehead atoms. The van der Waals surface area contributed by atoms with Gasteiger partial charge in [-0.05, 0) is 12.0 Å². The van der Waals surface area contributed by atoms with E-state index in [1.54, 1.807) is 6.20 Å². The molecule has 0 saturated heterocycles. The van der Waals surface area contributed by atoms with Gasteiger partial charge in [0, 0.05) is 6.54 Å². The highest BCUT2D eigenvalue weighted by atomic mass is 16.5. The van der Waals surface area contributed by atoms with Crippen molar-refractivity contribution in [2.45, 2.75) is 6.42 Å². The molecular weight excluding hydrogens is 230 g/mol. The smallest absolute Gasteiger partial charge is 0.243 e. The Morgan fingerprint density at radius 2 is 2.17 bits per heavy atom. The molecular formula is C12H15N5O. The van der Waals surface area contributed by atoms with Gasteiger partial charge < -0.3 is 5.73 Å². The van der Waals surface area contributed by atoms with Crippen LogP contribution in [0.5, 0.6) is 0 Å². The molecule has 6 heteroatoms. The summed E-state index contributed by atoms with van der Waals surface area (Å²) in [6.45, 7) is 0.548. The van der Waals surface area contributed by atoms with E-state index < -0.39 is 0 Å². The fourth-order valence-corrected chi connectivity index (χ4v) is 1.55. The van der Waals surface area contributed by atoms with Crippen LogP contribution >= 0.6 is 0 Å². The lowest BCUT2D eigenvalue weighted by Crippen LogP contribution is -2.28. The van der Waals surface area contributed by atoms with E-state index in [4.69, 9.17) is 10.9 Å². The second kappa shape index (κ2) is 5.83. The predicted octanol–water partition coefficient (Wildman–Crippen LogP) is 0.891. The largest absolute Gasteiger partial charge is 0.396 e. The maximum absolute atomic E-state index is 9.00. The standard InChI is InChI=1S/C12H15N5O/c13-11-8-15-17(9-11)12(16-18)14-7-6-10-4-2-1-3-5-10/h1-5,8-9,18H,6-7,13H2,(H,14,16). The number of hydrogen-bond donors (Lipinski definition) is 3. The number of benzene rings is 1. The Bertz CT molecular complexity index is 520. The lowest BCUT2D eigenvalue weighted by atomic mass is 10.2. The van der Waals surface area contributed by atoms with Crippen molar-refractivity contribution in [2.24, 2.45) is 4.99 Å². The molecule has 0 radical (unpaired) electrons. The Morgan fingerprint density at radius 3 is 2.78 bits per heavy atom. The molecule has 0 aliphatic heterocycles. The maximum atomic E-state index is 9.00. The topological polar surface area (TPSA) is 88.5 Å². The summed E-state index contributed by atoms with van der Waals surface area (Å²) in [6.07, 6.45) is 3.86. The minimum atomic E-state index is 0.252. The van der Waals surface area contributed by atoms with Crippen molar-refractivity contribution in [1.82, 2.24) is 15.3 Å². The van der Waals surface area contributed by atoms with Crippen LogP contribution in [0.2, 0.25) is 0 Å². The van der Waals surface area contributed by atoms with Gasteiger partial charge in [-0.3, -0.25) is 5.21 Å². The third-order valence-electron chi connectivity index (χ3n) is 2.42. The van der Waals surface area contributed by atoms with Crippen LogP contribution in [0.1, 0.15) is 5.56 Å². The molecule has 0 saturated carbocycles. The molecule has 2 rings (SSSR count). The van der Waals surface area contributed by atoms with Crippen molar-refractivity contribution in [3.05, 3.63) is 48.3 Å². The zero-order valence-corrected chi connectivity index (χ0v) is 9.82. The molecule has 0 unspecified atom stereocenters. The van der Waals surface area contributed by atoms with E-state index in [2.05, 4.69) is 10.1 Å². The Kier molecular flexibility index (Phi) is 3.93. The van der Waals surface area contributed by atoms with E-state index in [1.807, 2.05) is 35.8 Å². The number of rotatable bonds is 3. The van der Waals surface area contributed by atoms with Gasteiger partial charge >= 0.3 is 0 Å². The lowest BCUT2D eigenvalue weighted by Gasteiger charge is -2.04. The Labute approximate surface area is 105 Å². The molecule has 1 aromatic heterocycles. The van der Waals surface area contributed by atoms with Crippen molar-refractivity contribution in [1.29, 1.82) is 0 Å². The highest BCUT2D eigenvalue weighted by molar-refractivity contribution is 5.80. The van der Waals surface area contributed by atoms with E-state index in [1.165, 1.54) is 16.4 Å². The predicted molar refractivity (Wildman–Crippen MR) is 69.4 cm³/mol. The monoisotopic (exact) mass is 245 g/mol. The molecule has 0 aliphatic rings. The van der Waals surface area contributed by atoms with Crippen molar-refractivity contribution in [3.8, 4) is 0 Å². The second-order valence-corrected chi connectivity index (χ2v) is 3.77. The normalized spacial score (nSPS) is 11.5. The van der Waals surface area contributed by atoms with Crippen molar-refractivity contribution < 1.29 is 5.21 Å². The van der Waals surface area contributed by atoms with Gasteiger partial charge in [0.15, 0.2) is 0 Å². The molecule has 6 nitrogen and oxygen atoms in total. The number of anilines is 1. The molecule has 18 heavy (non-hydrogen) atoms. The van der Waals surface area contributed by atoms with E-state index in [0.717, 1.165) is 6.42 Å². The second-order valence-electron chi connectivity index (χ2n) is 3.77. The maximum Gasteiger partial charge on any atom is 0.243 e.